The summed E-state index contributed by atoms with van der Waals surface area (Å²) in [6.07, 6.45) is 0. The molecule has 0 aliphatic carbocycles. The van der Waals surface area contributed by atoms with Crippen molar-refractivity contribution in [1.82, 2.24) is 19.7 Å². The zero-order valence-corrected chi connectivity index (χ0v) is 20.7. The largest absolute Gasteiger partial charge is 0.488 e. The van der Waals surface area contributed by atoms with Gasteiger partial charge in [0.2, 0.25) is 0 Å². The van der Waals surface area contributed by atoms with E-state index >= 15 is 0 Å². The van der Waals surface area contributed by atoms with E-state index in [1.54, 1.807) is 6.07 Å². The SMILES string of the molecule is CC(=C1c2ccc(Cn3c(C(C)C)nc(Cl)c3Cl)cc2COc2cc(F)ccc21)c1noc(=O)[nH]1. The molecule has 180 valence electrons. The van der Waals surface area contributed by atoms with E-state index in [-0.39, 0.29) is 17.7 Å². The number of allylic oxidation sites excluding steroid dienone is 1. The fourth-order valence-electron chi connectivity index (χ4n) is 4.34. The van der Waals surface area contributed by atoms with Crippen molar-refractivity contribution >= 4 is 34.3 Å². The molecule has 1 N–H and O–H groups in total. The number of nitrogens with zero attached hydrogens (tertiary/aromatic N) is 3. The number of aromatic amines is 1. The lowest BCUT2D eigenvalue weighted by atomic mass is 9.89. The van der Waals surface area contributed by atoms with Crippen LogP contribution in [0.1, 0.15) is 60.6 Å². The van der Waals surface area contributed by atoms with Gasteiger partial charge in [-0.1, -0.05) is 54.3 Å². The minimum absolute atomic E-state index is 0.135. The summed E-state index contributed by atoms with van der Waals surface area (Å²) in [6, 6.07) is 10.4. The average molecular weight is 515 g/mol. The highest BCUT2D eigenvalue weighted by atomic mass is 35.5. The Hall–Kier alpha value is -3.36. The molecule has 0 bridgehead atoms. The van der Waals surface area contributed by atoms with Crippen LogP contribution in [0, 0.1) is 5.82 Å². The van der Waals surface area contributed by atoms with Crippen LogP contribution in [0.5, 0.6) is 5.75 Å². The second-order valence-corrected chi connectivity index (χ2v) is 9.37. The van der Waals surface area contributed by atoms with Crippen molar-refractivity contribution in [2.24, 2.45) is 0 Å². The van der Waals surface area contributed by atoms with Gasteiger partial charge in [0.05, 0.1) is 6.54 Å². The first-order valence-electron chi connectivity index (χ1n) is 11.0. The Labute approximate surface area is 210 Å². The van der Waals surface area contributed by atoms with Crippen LogP contribution in [-0.4, -0.2) is 19.7 Å². The van der Waals surface area contributed by atoms with Crippen molar-refractivity contribution in [1.29, 1.82) is 0 Å². The van der Waals surface area contributed by atoms with Crippen molar-refractivity contribution in [2.45, 2.75) is 39.8 Å². The third-order valence-corrected chi connectivity index (χ3v) is 6.70. The monoisotopic (exact) mass is 514 g/mol. The third kappa shape index (κ3) is 4.28. The molecule has 5 rings (SSSR count). The van der Waals surface area contributed by atoms with Crippen molar-refractivity contribution in [3.8, 4) is 5.75 Å². The molecule has 1 aliphatic rings. The molecular formula is C25H21Cl2FN4O3. The number of fused-ring (bicyclic) bond motifs is 2. The van der Waals surface area contributed by atoms with Crippen LogP contribution in [0.3, 0.4) is 0 Å². The Morgan fingerprint density at radius 3 is 2.69 bits per heavy atom. The summed E-state index contributed by atoms with van der Waals surface area (Å²) in [5.74, 6) is 0.551. The number of aromatic nitrogens is 4. The number of hydrogen-bond donors (Lipinski definition) is 1. The van der Waals surface area contributed by atoms with E-state index in [1.165, 1.54) is 12.1 Å². The van der Waals surface area contributed by atoms with Gasteiger partial charge in [-0.3, -0.25) is 9.51 Å². The van der Waals surface area contributed by atoms with E-state index in [1.807, 2.05) is 43.5 Å². The molecule has 0 fully saturated rings. The Balaban J connectivity index is 1.65. The molecule has 0 saturated carbocycles. The zero-order chi connectivity index (χ0) is 24.9. The van der Waals surface area contributed by atoms with Crippen molar-refractivity contribution < 1.29 is 13.7 Å². The van der Waals surface area contributed by atoms with Crippen molar-refractivity contribution in [3.63, 3.8) is 0 Å². The number of ether oxygens (including phenoxy) is 1. The molecule has 0 unspecified atom stereocenters. The second kappa shape index (κ2) is 9.02. The minimum atomic E-state index is -0.656. The van der Waals surface area contributed by atoms with Gasteiger partial charge in [0.1, 0.15) is 29.2 Å². The summed E-state index contributed by atoms with van der Waals surface area (Å²) in [4.78, 5) is 18.6. The molecule has 35 heavy (non-hydrogen) atoms. The van der Waals surface area contributed by atoms with E-state index in [4.69, 9.17) is 32.5 Å². The number of imidazole rings is 1. The van der Waals surface area contributed by atoms with Gasteiger partial charge in [-0.05, 0) is 47.4 Å². The van der Waals surface area contributed by atoms with Gasteiger partial charge in [-0.15, -0.1) is 0 Å². The fraction of sp³-hybridized carbons (Fsp3) is 0.240. The lowest BCUT2D eigenvalue weighted by molar-refractivity contribution is 0.305. The van der Waals surface area contributed by atoms with Gasteiger partial charge < -0.3 is 9.30 Å². The Bertz CT molecular complexity index is 1530. The van der Waals surface area contributed by atoms with Crippen molar-refractivity contribution in [3.05, 3.63) is 97.0 Å². The third-order valence-electron chi connectivity index (χ3n) is 5.96. The topological polar surface area (TPSA) is 85.9 Å². The predicted octanol–water partition coefficient (Wildman–Crippen LogP) is 6.05. The summed E-state index contributed by atoms with van der Waals surface area (Å²) in [5, 5.41) is 4.50. The first-order chi connectivity index (χ1) is 16.7. The number of halogens is 3. The average Bonchev–Trinajstić information content (AvgIpc) is 3.33. The molecule has 3 heterocycles. The van der Waals surface area contributed by atoms with Crippen LogP contribution in [0.25, 0.3) is 11.1 Å². The molecule has 7 nitrogen and oxygen atoms in total. The van der Waals surface area contributed by atoms with Crippen LogP contribution in [-0.2, 0) is 13.2 Å². The summed E-state index contributed by atoms with van der Waals surface area (Å²) >= 11 is 12.6. The normalized spacial score (nSPS) is 14.4. The number of rotatable bonds is 4. The van der Waals surface area contributed by atoms with E-state index in [9.17, 15) is 9.18 Å². The van der Waals surface area contributed by atoms with Crippen LogP contribution in [0.4, 0.5) is 4.39 Å². The highest BCUT2D eigenvalue weighted by Gasteiger charge is 2.24. The summed E-state index contributed by atoms with van der Waals surface area (Å²) in [6.45, 7) is 6.57. The molecule has 0 amide bonds. The minimum Gasteiger partial charge on any atom is -0.488 e. The van der Waals surface area contributed by atoms with E-state index in [0.29, 0.717) is 34.4 Å². The molecule has 1 aliphatic heterocycles. The van der Waals surface area contributed by atoms with Gasteiger partial charge in [0.15, 0.2) is 11.0 Å². The summed E-state index contributed by atoms with van der Waals surface area (Å²) < 4.78 is 26.7. The molecule has 4 aromatic rings. The fourth-order valence-corrected chi connectivity index (χ4v) is 4.72. The maximum absolute atomic E-state index is 14.1. The van der Waals surface area contributed by atoms with Gasteiger partial charge in [-0.25, -0.2) is 14.2 Å². The predicted molar refractivity (Wildman–Crippen MR) is 131 cm³/mol. The van der Waals surface area contributed by atoms with Crippen molar-refractivity contribution in [2.75, 3.05) is 0 Å². The Morgan fingerprint density at radius 2 is 1.97 bits per heavy atom. The molecular weight excluding hydrogens is 494 g/mol. The number of benzene rings is 2. The first-order valence-corrected chi connectivity index (χ1v) is 11.7. The highest BCUT2D eigenvalue weighted by molar-refractivity contribution is 6.40. The van der Waals surface area contributed by atoms with Crippen LogP contribution < -0.4 is 10.5 Å². The number of hydrogen-bond acceptors (Lipinski definition) is 5. The molecule has 2 aromatic heterocycles. The van der Waals surface area contributed by atoms with E-state index < -0.39 is 11.6 Å². The van der Waals surface area contributed by atoms with Gasteiger partial charge in [0, 0.05) is 23.1 Å². The van der Waals surface area contributed by atoms with Crippen LogP contribution in [0.2, 0.25) is 10.3 Å². The second-order valence-electron chi connectivity index (χ2n) is 8.66. The summed E-state index contributed by atoms with van der Waals surface area (Å²) in [5.41, 5.74) is 4.83. The van der Waals surface area contributed by atoms with Gasteiger partial charge in [-0.2, -0.15) is 0 Å². The number of H-pyrrole nitrogens is 1. The molecule has 0 radical (unpaired) electrons. The summed E-state index contributed by atoms with van der Waals surface area (Å²) in [7, 11) is 0. The number of nitrogens with one attached hydrogen (secondary N) is 1. The maximum Gasteiger partial charge on any atom is 0.439 e. The lowest BCUT2D eigenvalue weighted by Gasteiger charge is -2.16. The molecule has 0 spiro atoms. The molecule has 10 heteroatoms. The molecule has 2 aromatic carbocycles. The zero-order valence-electron chi connectivity index (χ0n) is 19.2. The first kappa shape index (κ1) is 23.4. The van der Waals surface area contributed by atoms with Crippen LogP contribution >= 0.6 is 23.2 Å². The van der Waals surface area contributed by atoms with Crippen LogP contribution in [0.15, 0.2) is 45.7 Å². The smallest absolute Gasteiger partial charge is 0.439 e. The van der Waals surface area contributed by atoms with Gasteiger partial charge in [0.25, 0.3) is 0 Å². The van der Waals surface area contributed by atoms with Gasteiger partial charge >= 0.3 is 5.76 Å². The van der Waals surface area contributed by atoms with E-state index in [2.05, 4.69) is 15.1 Å². The molecule has 0 atom stereocenters. The maximum atomic E-state index is 14.1. The Morgan fingerprint density at radius 1 is 1.20 bits per heavy atom. The lowest BCUT2D eigenvalue weighted by Crippen LogP contribution is -2.08. The molecule has 0 saturated heterocycles. The quantitative estimate of drug-likeness (QED) is 0.358. The van der Waals surface area contributed by atoms with E-state index in [0.717, 1.165) is 28.1 Å². The highest BCUT2D eigenvalue weighted by Crippen LogP contribution is 2.41. The Kier molecular flexibility index (Phi) is 6.02. The standard InChI is InChI=1S/C25H21Cl2FN4O3/c1-12(2)24-29-21(26)22(27)32(24)10-14-4-6-17-15(8-14)11-34-19-9-16(28)5-7-18(19)20(17)13(3)23-30-25(33)35-31-23/h4-9,12H,10-11H2,1-3H3,(H,30,31,33).